The Labute approximate surface area is 215 Å². The lowest BCUT2D eigenvalue weighted by atomic mass is 10.1. The summed E-state index contributed by atoms with van der Waals surface area (Å²) < 4.78 is 5.49. The highest BCUT2D eigenvalue weighted by Gasteiger charge is 2.25. The van der Waals surface area contributed by atoms with Gasteiger partial charge in [-0.15, -0.1) is 0 Å². The van der Waals surface area contributed by atoms with Crippen LogP contribution >= 0.6 is 11.6 Å². The van der Waals surface area contributed by atoms with Crippen molar-refractivity contribution in [1.82, 2.24) is 24.8 Å². The highest BCUT2D eigenvalue weighted by atomic mass is 35.5. The monoisotopic (exact) mass is 520 g/mol. The molecule has 0 saturated carbocycles. The summed E-state index contributed by atoms with van der Waals surface area (Å²) in [5.41, 5.74) is 8.22. The molecule has 4 aromatic rings. The minimum atomic E-state index is -0.514. The average Bonchev–Trinajstić information content (AvgIpc) is 2.91. The highest BCUT2D eigenvalue weighted by molar-refractivity contribution is 6.30. The van der Waals surface area contributed by atoms with Crippen LogP contribution in [0, 0.1) is 10.1 Å². The SMILES string of the molecule is Nc1nc(N2CCN(C(=O)COc3cccc([N+](=O)[O-])c3)CC2)c2nc(-c3ccc(Cl)cc3)cnc2n1. The van der Waals surface area contributed by atoms with E-state index in [0.29, 0.717) is 53.9 Å². The van der Waals surface area contributed by atoms with Gasteiger partial charge in [-0.05, 0) is 18.2 Å². The summed E-state index contributed by atoms with van der Waals surface area (Å²) in [6.07, 6.45) is 1.62. The number of nitro benzene ring substituents is 1. The number of rotatable bonds is 6. The molecule has 12 nitrogen and oxygen atoms in total. The number of hydrogen-bond donors (Lipinski definition) is 1. The van der Waals surface area contributed by atoms with Crippen molar-refractivity contribution in [3.8, 4) is 17.0 Å². The fourth-order valence-corrected chi connectivity index (χ4v) is 4.11. The summed E-state index contributed by atoms with van der Waals surface area (Å²) >= 11 is 6.00. The second-order valence-corrected chi connectivity index (χ2v) is 8.69. The maximum absolute atomic E-state index is 12.7. The first kappa shape index (κ1) is 24.1. The van der Waals surface area contributed by atoms with Crippen molar-refractivity contribution in [3.63, 3.8) is 0 Å². The van der Waals surface area contributed by atoms with Gasteiger partial charge in [-0.1, -0.05) is 29.8 Å². The van der Waals surface area contributed by atoms with Crippen LogP contribution in [0.15, 0.2) is 54.7 Å². The second kappa shape index (κ2) is 10.2. The molecule has 1 saturated heterocycles. The Kier molecular flexibility index (Phi) is 6.64. The predicted octanol–water partition coefficient (Wildman–Crippen LogP) is 2.96. The number of halogens is 1. The lowest BCUT2D eigenvalue weighted by Crippen LogP contribution is -2.50. The van der Waals surface area contributed by atoms with E-state index in [2.05, 4.69) is 15.0 Å². The third-order valence-corrected chi connectivity index (χ3v) is 6.12. The third kappa shape index (κ3) is 5.33. The van der Waals surface area contributed by atoms with Crippen LogP contribution in [0.1, 0.15) is 0 Å². The molecule has 2 aromatic carbocycles. The van der Waals surface area contributed by atoms with E-state index in [0.717, 1.165) is 5.56 Å². The van der Waals surface area contributed by atoms with Gasteiger partial charge in [0.25, 0.3) is 11.6 Å². The summed E-state index contributed by atoms with van der Waals surface area (Å²) in [6.45, 7) is 1.60. The van der Waals surface area contributed by atoms with Crippen LogP contribution in [0.2, 0.25) is 5.02 Å². The number of carbonyl (C=O) groups is 1. The summed E-state index contributed by atoms with van der Waals surface area (Å²) in [6, 6.07) is 13.0. The summed E-state index contributed by atoms with van der Waals surface area (Å²) in [5.74, 6) is 0.674. The molecule has 0 unspecified atom stereocenters. The predicted molar refractivity (Wildman–Crippen MR) is 137 cm³/mol. The molecule has 1 aliphatic rings. The number of non-ortho nitro benzene ring substituents is 1. The minimum Gasteiger partial charge on any atom is -0.484 e. The van der Waals surface area contributed by atoms with Gasteiger partial charge in [0, 0.05) is 42.8 Å². The molecule has 1 amide bonds. The normalized spacial score (nSPS) is 13.5. The lowest BCUT2D eigenvalue weighted by Gasteiger charge is -2.35. The molecular formula is C24H21ClN8O4. The van der Waals surface area contributed by atoms with E-state index in [1.807, 2.05) is 17.0 Å². The Balaban J connectivity index is 1.28. The second-order valence-electron chi connectivity index (χ2n) is 8.25. The van der Waals surface area contributed by atoms with E-state index in [4.69, 9.17) is 27.1 Å². The summed E-state index contributed by atoms with van der Waals surface area (Å²) in [7, 11) is 0. The van der Waals surface area contributed by atoms with Crippen molar-refractivity contribution in [3.05, 3.63) is 69.9 Å². The van der Waals surface area contributed by atoms with Gasteiger partial charge >= 0.3 is 0 Å². The van der Waals surface area contributed by atoms with Gasteiger partial charge in [-0.2, -0.15) is 9.97 Å². The number of nitrogen functional groups attached to an aromatic ring is 1. The zero-order valence-electron chi connectivity index (χ0n) is 19.5. The lowest BCUT2D eigenvalue weighted by molar-refractivity contribution is -0.384. The van der Waals surface area contributed by atoms with Crippen LogP contribution in [0.5, 0.6) is 5.75 Å². The van der Waals surface area contributed by atoms with E-state index >= 15 is 0 Å². The maximum atomic E-state index is 12.7. The maximum Gasteiger partial charge on any atom is 0.273 e. The highest BCUT2D eigenvalue weighted by Crippen LogP contribution is 2.27. The van der Waals surface area contributed by atoms with Gasteiger partial charge in [0.05, 0.1) is 22.9 Å². The van der Waals surface area contributed by atoms with Crippen LogP contribution in [0.4, 0.5) is 17.5 Å². The quantitative estimate of drug-likeness (QED) is 0.296. The Morgan fingerprint density at radius 2 is 1.84 bits per heavy atom. The van der Waals surface area contributed by atoms with Crippen molar-refractivity contribution in [2.75, 3.05) is 43.4 Å². The minimum absolute atomic E-state index is 0.0832. The van der Waals surface area contributed by atoms with Crippen molar-refractivity contribution in [2.45, 2.75) is 0 Å². The average molecular weight is 521 g/mol. The topological polar surface area (TPSA) is 154 Å². The number of amides is 1. The molecule has 0 spiro atoms. The molecule has 1 fully saturated rings. The number of benzene rings is 2. The molecule has 2 N–H and O–H groups in total. The number of anilines is 2. The number of nitro groups is 1. The Bertz CT molecular complexity index is 1480. The number of ether oxygens (including phenoxy) is 1. The van der Waals surface area contributed by atoms with E-state index < -0.39 is 4.92 Å². The number of fused-ring (bicyclic) bond motifs is 1. The molecule has 3 heterocycles. The van der Waals surface area contributed by atoms with Crippen molar-refractivity contribution in [1.29, 1.82) is 0 Å². The Morgan fingerprint density at radius 1 is 1.08 bits per heavy atom. The number of nitrogens with two attached hydrogens (primary N) is 1. The molecule has 0 atom stereocenters. The molecule has 13 heteroatoms. The van der Waals surface area contributed by atoms with Gasteiger partial charge in [0.15, 0.2) is 23.6 Å². The van der Waals surface area contributed by atoms with Gasteiger partial charge < -0.3 is 20.3 Å². The smallest absolute Gasteiger partial charge is 0.273 e. The molecule has 1 aliphatic heterocycles. The molecular weight excluding hydrogens is 500 g/mol. The largest absolute Gasteiger partial charge is 0.484 e. The van der Waals surface area contributed by atoms with Crippen molar-refractivity contribution >= 4 is 46.1 Å². The number of hydrogen-bond acceptors (Lipinski definition) is 10. The van der Waals surface area contributed by atoms with E-state index in [-0.39, 0.29) is 29.9 Å². The van der Waals surface area contributed by atoms with Crippen LogP contribution < -0.4 is 15.4 Å². The number of carbonyl (C=O) groups excluding carboxylic acids is 1. The standard InChI is InChI=1S/C24H21ClN8O4/c25-16-6-4-15(5-7-16)19-13-27-22-21(28-19)23(30-24(26)29-22)32-10-8-31(9-11-32)20(34)14-37-18-3-1-2-17(12-18)33(35)36/h1-7,12-13H,8-11,14H2,(H2,26,27,29,30). The third-order valence-electron chi connectivity index (χ3n) is 5.87. The van der Waals surface area contributed by atoms with Gasteiger partial charge in [-0.25, -0.2) is 9.97 Å². The van der Waals surface area contributed by atoms with E-state index in [1.54, 1.807) is 29.3 Å². The fraction of sp³-hybridized carbons (Fsp3) is 0.208. The molecule has 0 aliphatic carbocycles. The van der Waals surface area contributed by atoms with E-state index in [9.17, 15) is 14.9 Å². The Morgan fingerprint density at radius 3 is 2.57 bits per heavy atom. The molecule has 5 rings (SSSR count). The zero-order chi connectivity index (χ0) is 25.9. The molecule has 0 bridgehead atoms. The van der Waals surface area contributed by atoms with Crippen LogP contribution in [-0.2, 0) is 4.79 Å². The summed E-state index contributed by atoms with van der Waals surface area (Å²) in [4.78, 5) is 44.6. The first-order valence-corrected chi connectivity index (χ1v) is 11.7. The van der Waals surface area contributed by atoms with Gasteiger partial charge in [0.2, 0.25) is 5.95 Å². The molecule has 2 aromatic heterocycles. The molecule has 0 radical (unpaired) electrons. The number of aromatic nitrogens is 4. The summed E-state index contributed by atoms with van der Waals surface area (Å²) in [5, 5.41) is 11.6. The van der Waals surface area contributed by atoms with Crippen LogP contribution in [0.3, 0.4) is 0 Å². The van der Waals surface area contributed by atoms with Crippen molar-refractivity contribution in [2.24, 2.45) is 0 Å². The van der Waals surface area contributed by atoms with Crippen LogP contribution in [0.25, 0.3) is 22.4 Å². The molecule has 188 valence electrons. The van der Waals surface area contributed by atoms with Crippen LogP contribution in [-0.4, -0.2) is 68.5 Å². The van der Waals surface area contributed by atoms with Gasteiger partial charge in [-0.3, -0.25) is 14.9 Å². The van der Waals surface area contributed by atoms with Gasteiger partial charge in [0.1, 0.15) is 5.75 Å². The first-order valence-electron chi connectivity index (χ1n) is 11.3. The zero-order valence-corrected chi connectivity index (χ0v) is 20.2. The first-order chi connectivity index (χ1) is 17.9. The number of piperazine rings is 1. The van der Waals surface area contributed by atoms with Crippen molar-refractivity contribution < 1.29 is 14.5 Å². The number of nitrogens with zero attached hydrogens (tertiary/aromatic N) is 7. The molecule has 37 heavy (non-hydrogen) atoms. The Hall–Kier alpha value is -4.58. The fourth-order valence-electron chi connectivity index (χ4n) is 3.98. The van der Waals surface area contributed by atoms with E-state index in [1.165, 1.54) is 18.2 Å².